The Kier molecular flexibility index (Phi) is 7.41. The summed E-state index contributed by atoms with van der Waals surface area (Å²) < 4.78 is 22.6. The monoisotopic (exact) mass is 539 g/mol. The number of phenols is 1. The van der Waals surface area contributed by atoms with Crippen LogP contribution in [0.5, 0.6) is 11.5 Å². The maximum absolute atomic E-state index is 11.4. The van der Waals surface area contributed by atoms with E-state index in [-0.39, 0.29) is 11.2 Å². The van der Waals surface area contributed by atoms with Crippen LogP contribution >= 0.6 is 0 Å². The second-order valence-electron chi connectivity index (χ2n) is 10.7. The lowest BCUT2D eigenvalue weighted by atomic mass is 9.73. The van der Waals surface area contributed by atoms with Gasteiger partial charge in [-0.05, 0) is 76.4 Å². The van der Waals surface area contributed by atoms with Crippen molar-refractivity contribution >= 4 is 16.5 Å². The van der Waals surface area contributed by atoms with Crippen LogP contribution in [0.4, 0.5) is 5.69 Å². The first kappa shape index (κ1) is 26.6. The molecule has 208 valence electrons. The zero-order chi connectivity index (χ0) is 27.7. The molecule has 0 amide bonds. The molecule has 1 aliphatic heterocycles. The van der Waals surface area contributed by atoms with E-state index in [1.165, 1.54) is 22.4 Å². The summed E-state index contributed by atoms with van der Waals surface area (Å²) in [5, 5.41) is 13.2. The van der Waals surface area contributed by atoms with Crippen LogP contribution in [0.25, 0.3) is 33.0 Å². The van der Waals surface area contributed by atoms with Gasteiger partial charge in [0.15, 0.2) is 0 Å². The summed E-state index contributed by atoms with van der Waals surface area (Å²) >= 11 is 0. The quantitative estimate of drug-likeness (QED) is 0.266. The van der Waals surface area contributed by atoms with Crippen molar-refractivity contribution in [1.29, 1.82) is 0 Å². The average Bonchev–Trinajstić information content (AvgIpc) is 3.28. The standard InChI is InChI=1S/C34H37NO5/c1-37-16-12-34(13-17-38-2)29-7-5-4-6-25(29)33-28-20-26(32(39-3)21-27(28)31(36)22-30(33)34)23-8-10-24(11-9-23)35-14-18-40-19-15-35/h4-11,20-22,36H,12-19H2,1-3H3. The first-order chi connectivity index (χ1) is 19.6. The molecule has 0 spiro atoms. The highest BCUT2D eigenvalue weighted by Gasteiger charge is 2.44. The van der Waals surface area contributed by atoms with Gasteiger partial charge in [0.05, 0.1) is 20.3 Å². The SMILES string of the molecule is COCCC1(CCOC)c2ccccc2-c2c1cc(O)c1cc(OC)c(-c3ccc(N4CCOCC4)cc3)cc21. The van der Waals surface area contributed by atoms with Crippen LogP contribution in [0, 0.1) is 0 Å². The third-order valence-corrected chi connectivity index (χ3v) is 8.68. The number of morpholine rings is 1. The molecule has 4 aromatic rings. The Balaban J connectivity index is 1.55. The van der Waals surface area contributed by atoms with Crippen LogP contribution in [0.3, 0.4) is 0 Å². The maximum Gasteiger partial charge on any atom is 0.127 e. The number of phenolic OH excluding ortho intramolecular Hbond substituents is 1. The van der Waals surface area contributed by atoms with Crippen LogP contribution in [0.2, 0.25) is 0 Å². The molecule has 0 aromatic heterocycles. The maximum atomic E-state index is 11.4. The Hall–Kier alpha value is -3.58. The van der Waals surface area contributed by atoms with Gasteiger partial charge in [0.25, 0.3) is 0 Å². The third kappa shape index (κ3) is 4.40. The smallest absolute Gasteiger partial charge is 0.127 e. The summed E-state index contributed by atoms with van der Waals surface area (Å²) in [7, 11) is 5.17. The molecule has 40 heavy (non-hydrogen) atoms. The molecule has 6 rings (SSSR count). The fourth-order valence-corrected chi connectivity index (χ4v) is 6.65. The van der Waals surface area contributed by atoms with Gasteiger partial charge in [-0.1, -0.05) is 36.4 Å². The molecule has 6 heteroatoms. The van der Waals surface area contributed by atoms with Gasteiger partial charge in [-0.15, -0.1) is 0 Å². The fraction of sp³-hybridized carbons (Fsp3) is 0.353. The molecular formula is C34H37NO5. The van der Waals surface area contributed by atoms with Crippen molar-refractivity contribution in [1.82, 2.24) is 0 Å². The molecule has 0 bridgehead atoms. The molecule has 2 aliphatic rings. The number of hydrogen-bond acceptors (Lipinski definition) is 6. The molecule has 0 radical (unpaired) electrons. The van der Waals surface area contributed by atoms with Gasteiger partial charge in [0, 0.05) is 62.6 Å². The van der Waals surface area contributed by atoms with Gasteiger partial charge in [0.1, 0.15) is 11.5 Å². The molecule has 6 nitrogen and oxygen atoms in total. The van der Waals surface area contributed by atoms with E-state index in [9.17, 15) is 5.11 Å². The van der Waals surface area contributed by atoms with E-state index in [2.05, 4.69) is 59.5 Å². The van der Waals surface area contributed by atoms with Gasteiger partial charge in [-0.3, -0.25) is 0 Å². The minimum absolute atomic E-state index is 0.258. The van der Waals surface area contributed by atoms with E-state index in [4.69, 9.17) is 18.9 Å². The zero-order valence-corrected chi connectivity index (χ0v) is 23.5. The molecule has 1 N–H and O–H groups in total. The zero-order valence-electron chi connectivity index (χ0n) is 23.5. The summed E-state index contributed by atoms with van der Waals surface area (Å²) in [5.74, 6) is 0.992. The highest BCUT2D eigenvalue weighted by Crippen LogP contribution is 2.57. The first-order valence-corrected chi connectivity index (χ1v) is 14.0. The predicted octanol–water partition coefficient (Wildman–Crippen LogP) is 6.40. The van der Waals surface area contributed by atoms with Crippen molar-refractivity contribution in [2.24, 2.45) is 0 Å². The number of benzene rings is 4. The summed E-state index contributed by atoms with van der Waals surface area (Å²) in [4.78, 5) is 2.35. The van der Waals surface area contributed by atoms with Crippen molar-refractivity contribution in [3.8, 4) is 33.8 Å². The van der Waals surface area contributed by atoms with Gasteiger partial charge in [-0.2, -0.15) is 0 Å². The van der Waals surface area contributed by atoms with Gasteiger partial charge in [-0.25, -0.2) is 0 Å². The largest absolute Gasteiger partial charge is 0.507 e. The second-order valence-corrected chi connectivity index (χ2v) is 10.7. The molecule has 1 fully saturated rings. The normalized spacial score (nSPS) is 15.7. The molecule has 1 saturated heterocycles. The number of ether oxygens (including phenoxy) is 4. The molecule has 1 aliphatic carbocycles. The van der Waals surface area contributed by atoms with Crippen molar-refractivity contribution in [3.63, 3.8) is 0 Å². The third-order valence-electron chi connectivity index (χ3n) is 8.68. The summed E-state index contributed by atoms with van der Waals surface area (Å²) in [6.07, 6.45) is 1.60. The highest BCUT2D eigenvalue weighted by molar-refractivity contribution is 6.07. The van der Waals surface area contributed by atoms with Crippen molar-refractivity contribution in [2.45, 2.75) is 18.3 Å². The molecule has 1 heterocycles. The number of rotatable bonds is 9. The minimum Gasteiger partial charge on any atom is -0.507 e. The fourth-order valence-electron chi connectivity index (χ4n) is 6.65. The highest BCUT2D eigenvalue weighted by atomic mass is 16.5. The average molecular weight is 540 g/mol. The Morgan fingerprint density at radius 3 is 2.17 bits per heavy atom. The van der Waals surface area contributed by atoms with Crippen molar-refractivity contribution in [3.05, 3.63) is 77.9 Å². The first-order valence-electron chi connectivity index (χ1n) is 14.0. The van der Waals surface area contributed by atoms with E-state index in [1.54, 1.807) is 21.3 Å². The number of aromatic hydroxyl groups is 1. The van der Waals surface area contributed by atoms with E-state index in [0.29, 0.717) is 13.2 Å². The predicted molar refractivity (Wildman–Crippen MR) is 160 cm³/mol. The molecule has 0 unspecified atom stereocenters. The number of fused-ring (bicyclic) bond motifs is 5. The summed E-state index contributed by atoms with van der Waals surface area (Å²) in [6, 6.07) is 23.4. The molecule has 0 saturated carbocycles. The number of hydrogen-bond donors (Lipinski definition) is 1. The number of anilines is 1. The van der Waals surface area contributed by atoms with Crippen LogP contribution in [0.1, 0.15) is 24.0 Å². The van der Waals surface area contributed by atoms with Crippen LogP contribution in [0.15, 0.2) is 66.7 Å². The van der Waals surface area contributed by atoms with Gasteiger partial charge < -0.3 is 29.0 Å². The molecular weight excluding hydrogens is 502 g/mol. The second kappa shape index (κ2) is 11.1. The molecule has 4 aromatic carbocycles. The lowest BCUT2D eigenvalue weighted by molar-refractivity contribution is 0.122. The number of methoxy groups -OCH3 is 3. The van der Waals surface area contributed by atoms with Crippen LogP contribution < -0.4 is 9.64 Å². The Morgan fingerprint density at radius 2 is 1.50 bits per heavy atom. The minimum atomic E-state index is -0.316. The van der Waals surface area contributed by atoms with E-state index in [0.717, 1.165) is 72.4 Å². The van der Waals surface area contributed by atoms with E-state index >= 15 is 0 Å². The number of nitrogens with zero attached hydrogens (tertiary/aromatic N) is 1. The molecule has 0 atom stereocenters. The topological polar surface area (TPSA) is 60.4 Å². The van der Waals surface area contributed by atoms with Gasteiger partial charge >= 0.3 is 0 Å². The Morgan fingerprint density at radius 1 is 0.800 bits per heavy atom. The Labute approximate surface area is 236 Å². The van der Waals surface area contributed by atoms with Crippen LogP contribution in [-0.2, 0) is 19.6 Å². The van der Waals surface area contributed by atoms with Crippen molar-refractivity contribution < 1.29 is 24.1 Å². The van der Waals surface area contributed by atoms with Crippen LogP contribution in [-0.4, -0.2) is 66.0 Å². The van der Waals surface area contributed by atoms with E-state index < -0.39 is 0 Å². The lowest BCUT2D eigenvalue weighted by Crippen LogP contribution is -2.36. The lowest BCUT2D eigenvalue weighted by Gasteiger charge is -2.32. The summed E-state index contributed by atoms with van der Waals surface area (Å²) in [6.45, 7) is 4.53. The van der Waals surface area contributed by atoms with Gasteiger partial charge in [0.2, 0.25) is 0 Å². The summed E-state index contributed by atoms with van der Waals surface area (Å²) in [5.41, 5.74) is 7.72. The van der Waals surface area contributed by atoms with Crippen molar-refractivity contribution in [2.75, 3.05) is 65.7 Å². The van der Waals surface area contributed by atoms with E-state index in [1.807, 2.05) is 12.1 Å². The Bertz CT molecular complexity index is 1500.